The fourth-order valence-electron chi connectivity index (χ4n) is 2.80. The van der Waals surface area contributed by atoms with Gasteiger partial charge in [0.1, 0.15) is 30.0 Å². The van der Waals surface area contributed by atoms with Crippen molar-refractivity contribution in [3.63, 3.8) is 0 Å². The Bertz CT molecular complexity index is 800. The topological polar surface area (TPSA) is 80.3 Å². The molecular formula is C20H23ClN2O5. The lowest BCUT2D eigenvalue weighted by Gasteiger charge is -2.16. The molecule has 0 saturated carbocycles. The van der Waals surface area contributed by atoms with Crippen LogP contribution in [0.1, 0.15) is 13.3 Å². The van der Waals surface area contributed by atoms with E-state index in [9.17, 15) is 9.90 Å². The number of phenols is 1. The van der Waals surface area contributed by atoms with Crippen LogP contribution in [-0.4, -0.2) is 48.5 Å². The number of carbonyl (C=O) groups excluding carboxylic acids is 1. The molecule has 0 aliphatic carbocycles. The van der Waals surface area contributed by atoms with E-state index in [1.54, 1.807) is 18.2 Å². The van der Waals surface area contributed by atoms with Gasteiger partial charge in [-0.25, -0.2) is 0 Å². The first-order valence-corrected chi connectivity index (χ1v) is 9.41. The van der Waals surface area contributed by atoms with Gasteiger partial charge in [-0.3, -0.25) is 9.63 Å². The monoisotopic (exact) mass is 406 g/mol. The van der Waals surface area contributed by atoms with Crippen LogP contribution in [0, 0.1) is 0 Å². The van der Waals surface area contributed by atoms with Crippen molar-refractivity contribution in [2.45, 2.75) is 19.4 Å². The van der Waals surface area contributed by atoms with Crippen LogP contribution in [0.5, 0.6) is 17.2 Å². The SMILES string of the molecule is CC(=O)Nc1ccc(O)cc1OCCCN1CC(Oc2ccc(Cl)cc2)CO1. The summed E-state index contributed by atoms with van der Waals surface area (Å²) in [6.45, 7) is 3.66. The smallest absolute Gasteiger partial charge is 0.221 e. The molecule has 1 aliphatic heterocycles. The second-order valence-corrected chi connectivity index (χ2v) is 6.88. The van der Waals surface area contributed by atoms with E-state index in [0.29, 0.717) is 49.2 Å². The van der Waals surface area contributed by atoms with E-state index < -0.39 is 0 Å². The zero-order valence-electron chi connectivity index (χ0n) is 15.6. The zero-order valence-corrected chi connectivity index (χ0v) is 16.3. The number of nitrogens with zero attached hydrogens (tertiary/aromatic N) is 1. The number of hydrogen-bond donors (Lipinski definition) is 2. The maximum absolute atomic E-state index is 11.3. The molecule has 2 aromatic rings. The summed E-state index contributed by atoms with van der Waals surface area (Å²) in [5.41, 5.74) is 0.527. The van der Waals surface area contributed by atoms with Gasteiger partial charge in [0.05, 0.1) is 18.8 Å². The molecule has 150 valence electrons. The number of phenolic OH excluding ortho intramolecular Hbond substituents is 1. The molecule has 1 atom stereocenters. The van der Waals surface area contributed by atoms with Crippen molar-refractivity contribution in [1.82, 2.24) is 5.06 Å². The molecule has 1 heterocycles. The molecule has 1 aliphatic rings. The summed E-state index contributed by atoms with van der Waals surface area (Å²) in [4.78, 5) is 16.9. The molecule has 0 bridgehead atoms. The number of hydroxylamine groups is 2. The summed E-state index contributed by atoms with van der Waals surface area (Å²) in [5.74, 6) is 1.07. The third kappa shape index (κ3) is 6.02. The second kappa shape index (κ2) is 9.64. The minimum Gasteiger partial charge on any atom is -0.508 e. The number of amides is 1. The highest BCUT2D eigenvalue weighted by Gasteiger charge is 2.24. The number of ether oxygens (including phenoxy) is 2. The fourth-order valence-corrected chi connectivity index (χ4v) is 2.93. The lowest BCUT2D eigenvalue weighted by molar-refractivity contribution is -0.114. The third-order valence-corrected chi connectivity index (χ3v) is 4.30. The molecule has 1 amide bonds. The van der Waals surface area contributed by atoms with E-state index in [2.05, 4.69) is 5.32 Å². The van der Waals surface area contributed by atoms with E-state index in [4.69, 9.17) is 25.9 Å². The van der Waals surface area contributed by atoms with Crippen LogP contribution in [0.15, 0.2) is 42.5 Å². The predicted molar refractivity (Wildman–Crippen MR) is 106 cm³/mol. The quantitative estimate of drug-likeness (QED) is 0.516. The Kier molecular flexibility index (Phi) is 6.97. The first-order valence-electron chi connectivity index (χ1n) is 9.03. The Balaban J connectivity index is 1.41. The molecule has 2 aromatic carbocycles. The summed E-state index contributed by atoms with van der Waals surface area (Å²) < 4.78 is 11.6. The number of halogens is 1. The number of rotatable bonds is 8. The first-order chi connectivity index (χ1) is 13.5. The van der Waals surface area contributed by atoms with Crippen molar-refractivity contribution < 1.29 is 24.2 Å². The van der Waals surface area contributed by atoms with Gasteiger partial charge in [0.25, 0.3) is 0 Å². The maximum atomic E-state index is 11.3. The van der Waals surface area contributed by atoms with Crippen molar-refractivity contribution in [2.75, 3.05) is 31.6 Å². The normalized spacial score (nSPS) is 16.7. The van der Waals surface area contributed by atoms with E-state index in [1.165, 1.54) is 19.1 Å². The number of carbonyl (C=O) groups is 1. The zero-order chi connectivity index (χ0) is 19.9. The lowest BCUT2D eigenvalue weighted by Crippen LogP contribution is -2.26. The van der Waals surface area contributed by atoms with Crippen LogP contribution >= 0.6 is 11.6 Å². The molecule has 1 unspecified atom stereocenters. The van der Waals surface area contributed by atoms with Crippen LogP contribution < -0.4 is 14.8 Å². The lowest BCUT2D eigenvalue weighted by atomic mass is 10.2. The van der Waals surface area contributed by atoms with Gasteiger partial charge in [-0.05, 0) is 42.8 Å². The van der Waals surface area contributed by atoms with Crippen LogP contribution in [0.4, 0.5) is 5.69 Å². The minimum atomic E-state index is -0.201. The van der Waals surface area contributed by atoms with Crippen molar-refractivity contribution in [3.05, 3.63) is 47.5 Å². The summed E-state index contributed by atoms with van der Waals surface area (Å²) in [6.07, 6.45) is 0.669. The molecule has 7 nitrogen and oxygen atoms in total. The Morgan fingerprint density at radius 2 is 2.11 bits per heavy atom. The van der Waals surface area contributed by atoms with Gasteiger partial charge in [-0.2, -0.15) is 5.06 Å². The van der Waals surface area contributed by atoms with Crippen molar-refractivity contribution in [1.29, 1.82) is 0 Å². The number of nitrogens with one attached hydrogen (secondary N) is 1. The molecule has 3 rings (SSSR count). The van der Waals surface area contributed by atoms with Gasteiger partial charge in [-0.1, -0.05) is 11.6 Å². The number of aromatic hydroxyl groups is 1. The van der Waals surface area contributed by atoms with Crippen molar-refractivity contribution >= 4 is 23.2 Å². The molecule has 0 aromatic heterocycles. The number of benzene rings is 2. The average molecular weight is 407 g/mol. The molecular weight excluding hydrogens is 384 g/mol. The highest BCUT2D eigenvalue weighted by atomic mass is 35.5. The van der Waals surface area contributed by atoms with Crippen LogP contribution in [-0.2, 0) is 9.63 Å². The summed E-state index contributed by atoms with van der Waals surface area (Å²) in [5, 5.41) is 14.8. The maximum Gasteiger partial charge on any atom is 0.221 e. The number of hydrogen-bond acceptors (Lipinski definition) is 6. The largest absolute Gasteiger partial charge is 0.508 e. The number of anilines is 1. The van der Waals surface area contributed by atoms with Crippen LogP contribution in [0.3, 0.4) is 0 Å². The highest BCUT2D eigenvalue weighted by molar-refractivity contribution is 6.30. The van der Waals surface area contributed by atoms with Gasteiger partial charge < -0.3 is 19.9 Å². The van der Waals surface area contributed by atoms with Crippen LogP contribution in [0.25, 0.3) is 0 Å². The Morgan fingerprint density at radius 3 is 2.86 bits per heavy atom. The second-order valence-electron chi connectivity index (χ2n) is 6.44. The Hall–Kier alpha value is -2.48. The molecule has 1 fully saturated rings. The molecule has 28 heavy (non-hydrogen) atoms. The van der Waals surface area contributed by atoms with Gasteiger partial charge >= 0.3 is 0 Å². The van der Waals surface area contributed by atoms with Gasteiger partial charge in [0.2, 0.25) is 5.91 Å². The summed E-state index contributed by atoms with van der Waals surface area (Å²) >= 11 is 5.87. The fraction of sp³-hybridized carbons (Fsp3) is 0.350. The van der Waals surface area contributed by atoms with E-state index in [0.717, 1.165) is 5.75 Å². The van der Waals surface area contributed by atoms with Crippen LogP contribution in [0.2, 0.25) is 5.02 Å². The Labute approximate surface area is 168 Å². The molecule has 0 radical (unpaired) electrons. The van der Waals surface area contributed by atoms with Gasteiger partial charge in [0.15, 0.2) is 0 Å². The highest BCUT2D eigenvalue weighted by Crippen LogP contribution is 2.29. The van der Waals surface area contributed by atoms with E-state index >= 15 is 0 Å². The molecule has 8 heteroatoms. The van der Waals surface area contributed by atoms with Gasteiger partial charge in [0, 0.05) is 24.6 Å². The summed E-state index contributed by atoms with van der Waals surface area (Å²) in [6, 6.07) is 11.8. The predicted octanol–water partition coefficient (Wildman–Crippen LogP) is 3.47. The van der Waals surface area contributed by atoms with Gasteiger partial charge in [-0.15, -0.1) is 0 Å². The molecule has 1 saturated heterocycles. The average Bonchev–Trinajstić information content (AvgIpc) is 3.10. The summed E-state index contributed by atoms with van der Waals surface area (Å²) in [7, 11) is 0. The van der Waals surface area contributed by atoms with E-state index in [1.807, 2.05) is 17.2 Å². The standard InChI is InChI=1S/C20H23ClN2O5/c1-14(24)22-19-8-5-16(25)11-20(19)26-10-2-9-23-12-18(13-27-23)28-17-6-3-15(21)4-7-17/h3-8,11,18,25H,2,9-10,12-13H2,1H3,(H,22,24). The Morgan fingerprint density at radius 1 is 1.32 bits per heavy atom. The first kappa shape index (κ1) is 20.3. The van der Waals surface area contributed by atoms with Crippen molar-refractivity contribution in [3.8, 4) is 17.2 Å². The molecule has 0 spiro atoms. The minimum absolute atomic E-state index is 0.0421. The third-order valence-electron chi connectivity index (χ3n) is 4.05. The molecule has 2 N–H and O–H groups in total. The van der Waals surface area contributed by atoms with Crippen molar-refractivity contribution in [2.24, 2.45) is 0 Å². The van der Waals surface area contributed by atoms with E-state index in [-0.39, 0.29) is 17.8 Å².